The third-order valence-corrected chi connectivity index (χ3v) is 7.15. The molecule has 3 rings (SSSR count). The number of nitrogens with zero attached hydrogens (tertiary/aromatic N) is 1. The maximum Gasteiger partial charge on any atom is 0.247 e. The van der Waals surface area contributed by atoms with Crippen molar-refractivity contribution in [2.45, 2.75) is 5.25 Å². The average molecular weight is 455 g/mol. The fourth-order valence-corrected chi connectivity index (χ4v) is 5.53. The molecule has 0 saturated heterocycles. The van der Waals surface area contributed by atoms with E-state index in [1.165, 1.54) is 6.07 Å². The number of fused-ring (bicyclic) bond motifs is 1. The van der Waals surface area contributed by atoms with Crippen LogP contribution in [0.1, 0.15) is 10.3 Å². The van der Waals surface area contributed by atoms with Crippen molar-refractivity contribution >= 4 is 48.3 Å². The molecule has 0 aliphatic carbocycles. The summed E-state index contributed by atoms with van der Waals surface area (Å²) < 4.78 is 36.1. The molecule has 12 heteroatoms. The fraction of sp³-hybridized carbons (Fsp3) is 0.235. The SMILES string of the molecule is CS(=O)(=O)C(C(=O)NCCS(N)=O)c1nc2ccc(-c3ccc(=O)[nH]c3)cc2s1. The summed E-state index contributed by atoms with van der Waals surface area (Å²) in [5.41, 5.74) is 1.95. The van der Waals surface area contributed by atoms with Gasteiger partial charge < -0.3 is 10.3 Å². The molecule has 0 radical (unpaired) electrons. The minimum Gasteiger partial charge on any atom is -0.354 e. The molecule has 0 aliphatic rings. The molecule has 1 amide bonds. The van der Waals surface area contributed by atoms with Crippen molar-refractivity contribution in [3.8, 4) is 11.1 Å². The van der Waals surface area contributed by atoms with Crippen molar-refractivity contribution in [2.24, 2.45) is 5.14 Å². The van der Waals surface area contributed by atoms with E-state index in [4.69, 9.17) is 5.14 Å². The first-order valence-electron chi connectivity index (χ1n) is 8.34. The molecule has 0 aliphatic heterocycles. The lowest BCUT2D eigenvalue weighted by Gasteiger charge is -2.12. The molecule has 3 aromatic rings. The van der Waals surface area contributed by atoms with Crippen molar-refractivity contribution < 1.29 is 17.4 Å². The van der Waals surface area contributed by atoms with E-state index >= 15 is 0 Å². The van der Waals surface area contributed by atoms with Gasteiger partial charge in [-0.3, -0.25) is 14.7 Å². The Labute approximate surface area is 172 Å². The van der Waals surface area contributed by atoms with E-state index in [0.717, 1.165) is 28.7 Å². The number of thiazole rings is 1. The molecule has 0 spiro atoms. The monoisotopic (exact) mass is 454 g/mol. The molecule has 0 saturated carbocycles. The third-order valence-electron chi connectivity index (χ3n) is 4.02. The second-order valence-corrected chi connectivity index (χ2v) is 10.6. The number of hydrogen-bond donors (Lipinski definition) is 3. The Morgan fingerprint density at radius 2 is 2.03 bits per heavy atom. The summed E-state index contributed by atoms with van der Waals surface area (Å²) in [7, 11) is -5.39. The Balaban J connectivity index is 1.95. The van der Waals surface area contributed by atoms with Crippen molar-refractivity contribution in [1.82, 2.24) is 15.3 Å². The lowest BCUT2D eigenvalue weighted by molar-refractivity contribution is -0.120. The van der Waals surface area contributed by atoms with Gasteiger partial charge >= 0.3 is 0 Å². The molecule has 2 heterocycles. The van der Waals surface area contributed by atoms with Crippen LogP contribution in [0.25, 0.3) is 21.3 Å². The van der Waals surface area contributed by atoms with E-state index in [1.807, 2.05) is 6.07 Å². The average Bonchev–Trinajstić information content (AvgIpc) is 3.03. The number of benzene rings is 1. The Morgan fingerprint density at radius 3 is 2.66 bits per heavy atom. The van der Waals surface area contributed by atoms with E-state index < -0.39 is 32.0 Å². The van der Waals surface area contributed by atoms with Crippen molar-refractivity contribution in [1.29, 1.82) is 0 Å². The number of hydrogen-bond acceptors (Lipinski definition) is 7. The van der Waals surface area contributed by atoms with Crippen LogP contribution in [0.4, 0.5) is 0 Å². The van der Waals surface area contributed by atoms with Crippen LogP contribution in [0.2, 0.25) is 0 Å². The van der Waals surface area contributed by atoms with Gasteiger partial charge in [-0.15, -0.1) is 11.3 Å². The van der Waals surface area contributed by atoms with Gasteiger partial charge in [-0.05, 0) is 29.3 Å². The number of carbonyl (C=O) groups excluding carboxylic acids is 1. The van der Waals surface area contributed by atoms with Crippen molar-refractivity contribution in [3.05, 3.63) is 51.9 Å². The number of nitrogens with two attached hydrogens (primary N) is 1. The standard InChI is InChI=1S/C17H18N4O5S3/c1-29(25,26)15(16(23)19-6-7-28(18)24)17-21-12-4-2-10(8-13(12)27-17)11-3-5-14(22)20-9-11/h2-5,8-9,15H,6-7,18H2,1H3,(H,19,23)(H,20,22). The Hall–Kier alpha value is -2.41. The fourth-order valence-electron chi connectivity index (χ4n) is 2.68. The Bertz CT molecular complexity index is 1230. The predicted octanol–water partition coefficient (Wildman–Crippen LogP) is 0.476. The molecule has 9 nitrogen and oxygen atoms in total. The maximum absolute atomic E-state index is 12.5. The van der Waals surface area contributed by atoms with Gasteiger partial charge in [0.2, 0.25) is 11.5 Å². The molecule has 4 N–H and O–H groups in total. The first-order valence-corrected chi connectivity index (χ1v) is 12.5. The largest absolute Gasteiger partial charge is 0.354 e. The minimum atomic E-state index is -3.79. The minimum absolute atomic E-state index is 0.00474. The smallest absolute Gasteiger partial charge is 0.247 e. The zero-order valence-corrected chi connectivity index (χ0v) is 17.7. The van der Waals surface area contributed by atoms with E-state index in [9.17, 15) is 22.2 Å². The van der Waals surface area contributed by atoms with Gasteiger partial charge in [-0.1, -0.05) is 6.07 Å². The first-order chi connectivity index (χ1) is 13.6. The number of carbonyl (C=O) groups is 1. The number of H-pyrrole nitrogens is 1. The summed E-state index contributed by atoms with van der Waals surface area (Å²) in [6, 6.07) is 8.43. The van der Waals surface area contributed by atoms with Gasteiger partial charge in [0, 0.05) is 25.1 Å². The summed E-state index contributed by atoms with van der Waals surface area (Å²) in [5, 5.41) is 6.27. The Kier molecular flexibility index (Phi) is 6.27. The van der Waals surface area contributed by atoms with Crippen LogP contribution in [0.3, 0.4) is 0 Å². The molecule has 0 bridgehead atoms. The van der Waals surface area contributed by atoms with E-state index in [-0.39, 0.29) is 22.9 Å². The van der Waals surface area contributed by atoms with Crippen LogP contribution >= 0.6 is 11.3 Å². The van der Waals surface area contributed by atoms with Gasteiger partial charge in [-0.25, -0.2) is 17.6 Å². The van der Waals surface area contributed by atoms with Gasteiger partial charge in [-0.2, -0.15) is 0 Å². The van der Waals surface area contributed by atoms with Gasteiger partial charge in [0.25, 0.3) is 0 Å². The van der Waals surface area contributed by atoms with Crippen LogP contribution < -0.4 is 16.0 Å². The number of nitrogens with one attached hydrogen (secondary N) is 2. The molecular weight excluding hydrogens is 436 g/mol. The molecule has 2 aromatic heterocycles. The van der Waals surface area contributed by atoms with E-state index in [2.05, 4.69) is 15.3 Å². The van der Waals surface area contributed by atoms with Gasteiger partial charge in [0.15, 0.2) is 15.1 Å². The maximum atomic E-state index is 12.5. The van der Waals surface area contributed by atoms with Crippen LogP contribution in [0.15, 0.2) is 41.3 Å². The van der Waals surface area contributed by atoms with Crippen molar-refractivity contribution in [3.63, 3.8) is 0 Å². The van der Waals surface area contributed by atoms with Crippen molar-refractivity contribution in [2.75, 3.05) is 18.6 Å². The Morgan fingerprint density at radius 1 is 1.31 bits per heavy atom. The van der Waals surface area contributed by atoms with Crippen LogP contribution in [0, 0.1) is 0 Å². The lowest BCUT2D eigenvalue weighted by atomic mass is 10.1. The summed E-state index contributed by atoms with van der Waals surface area (Å²) in [6.45, 7) is -0.00474. The predicted molar refractivity (Wildman–Crippen MR) is 113 cm³/mol. The normalized spacial score (nSPS) is 13.9. The summed E-state index contributed by atoms with van der Waals surface area (Å²) in [4.78, 5) is 30.6. The van der Waals surface area contributed by atoms with E-state index in [1.54, 1.807) is 24.4 Å². The van der Waals surface area contributed by atoms with Crippen LogP contribution in [0.5, 0.6) is 0 Å². The quantitative estimate of drug-likeness (QED) is 0.472. The van der Waals surface area contributed by atoms with Gasteiger partial charge in [0.05, 0.1) is 27.0 Å². The lowest BCUT2D eigenvalue weighted by Crippen LogP contribution is -2.36. The summed E-state index contributed by atoms with van der Waals surface area (Å²) >= 11 is 1.10. The molecule has 2 unspecified atom stereocenters. The zero-order valence-electron chi connectivity index (χ0n) is 15.2. The molecular formula is C17H18N4O5S3. The highest BCUT2D eigenvalue weighted by Gasteiger charge is 2.33. The molecule has 1 aromatic carbocycles. The second-order valence-electron chi connectivity index (χ2n) is 6.26. The highest BCUT2D eigenvalue weighted by Crippen LogP contribution is 2.33. The van der Waals surface area contributed by atoms with Crippen LogP contribution in [-0.2, 0) is 25.6 Å². The van der Waals surface area contributed by atoms with Crippen LogP contribution in [-0.4, -0.2) is 47.1 Å². The number of sulfone groups is 1. The zero-order chi connectivity index (χ0) is 21.2. The number of aromatic nitrogens is 2. The summed E-state index contributed by atoms with van der Waals surface area (Å²) in [5.74, 6) is -0.720. The molecule has 0 fully saturated rings. The summed E-state index contributed by atoms with van der Waals surface area (Å²) in [6.07, 6.45) is 2.55. The third kappa shape index (κ3) is 5.15. The number of amides is 1. The van der Waals surface area contributed by atoms with E-state index in [0.29, 0.717) is 10.2 Å². The molecule has 154 valence electrons. The second kappa shape index (κ2) is 8.53. The number of aromatic amines is 1. The number of rotatable bonds is 7. The molecule has 2 atom stereocenters. The number of pyridine rings is 1. The highest BCUT2D eigenvalue weighted by molar-refractivity contribution is 7.91. The topological polar surface area (TPSA) is 152 Å². The van der Waals surface area contributed by atoms with Gasteiger partial charge in [0.1, 0.15) is 5.01 Å². The highest BCUT2D eigenvalue weighted by atomic mass is 32.2. The molecule has 29 heavy (non-hydrogen) atoms. The first kappa shape index (κ1) is 21.3.